The highest BCUT2D eigenvalue weighted by atomic mass is 35.5. The highest BCUT2D eigenvalue weighted by molar-refractivity contribution is 8.00. The van der Waals surface area contributed by atoms with Crippen molar-refractivity contribution in [2.75, 3.05) is 0 Å². The van der Waals surface area contributed by atoms with E-state index < -0.39 is 0 Å². The van der Waals surface area contributed by atoms with E-state index in [0.717, 1.165) is 22.4 Å². The molecule has 3 aromatic carbocycles. The molecule has 1 amide bonds. The maximum absolute atomic E-state index is 13.1. The van der Waals surface area contributed by atoms with Crippen LogP contribution >= 0.6 is 23.4 Å². The number of amides is 1. The second-order valence-corrected chi connectivity index (χ2v) is 8.44. The van der Waals surface area contributed by atoms with Crippen molar-refractivity contribution in [1.29, 1.82) is 0 Å². The van der Waals surface area contributed by atoms with E-state index in [2.05, 4.69) is 48.6 Å². The van der Waals surface area contributed by atoms with Crippen LogP contribution in [0.3, 0.4) is 0 Å². The number of rotatable bonds is 7. The van der Waals surface area contributed by atoms with Crippen LogP contribution in [0.25, 0.3) is 0 Å². The first-order chi connectivity index (χ1) is 13.6. The second-order valence-electron chi connectivity index (χ2n) is 6.73. The van der Waals surface area contributed by atoms with Crippen molar-refractivity contribution >= 4 is 29.3 Å². The van der Waals surface area contributed by atoms with Crippen molar-refractivity contribution in [3.63, 3.8) is 0 Å². The maximum atomic E-state index is 13.1. The molecule has 0 heterocycles. The fourth-order valence-corrected chi connectivity index (χ4v) is 4.09. The number of aryl methyl sites for hydroxylation is 1. The van der Waals surface area contributed by atoms with Crippen molar-refractivity contribution < 1.29 is 4.79 Å². The number of thioether (sulfide) groups is 1. The Kier molecular flexibility index (Phi) is 7.18. The van der Waals surface area contributed by atoms with Crippen molar-refractivity contribution in [2.24, 2.45) is 0 Å². The molecule has 0 saturated carbocycles. The zero-order chi connectivity index (χ0) is 19.9. The van der Waals surface area contributed by atoms with Crippen LogP contribution in [0.4, 0.5) is 0 Å². The molecule has 0 spiro atoms. The smallest absolute Gasteiger partial charge is 0.234 e. The summed E-state index contributed by atoms with van der Waals surface area (Å²) in [6, 6.07) is 25.9. The Bertz CT molecular complexity index is 894. The van der Waals surface area contributed by atoms with E-state index in [-0.39, 0.29) is 17.2 Å². The van der Waals surface area contributed by atoms with E-state index in [9.17, 15) is 4.79 Å². The summed E-state index contributed by atoms with van der Waals surface area (Å²) in [6.07, 6.45) is 0.745. The van der Waals surface area contributed by atoms with Gasteiger partial charge in [-0.15, -0.1) is 11.8 Å². The van der Waals surface area contributed by atoms with Gasteiger partial charge in [0.05, 0.1) is 11.3 Å². The quantitative estimate of drug-likeness (QED) is 0.456. The highest BCUT2D eigenvalue weighted by Gasteiger charge is 2.23. The molecule has 0 fully saturated rings. The molecule has 0 saturated heterocycles. The summed E-state index contributed by atoms with van der Waals surface area (Å²) in [5, 5.41) is 3.80. The van der Waals surface area contributed by atoms with Crippen molar-refractivity contribution in [2.45, 2.75) is 36.5 Å². The lowest BCUT2D eigenvalue weighted by molar-refractivity contribution is -0.121. The Labute approximate surface area is 176 Å². The number of carbonyl (C=O) groups is 1. The number of hydrogen-bond donors (Lipinski definition) is 1. The molecule has 0 radical (unpaired) electrons. The Balaban J connectivity index is 1.81. The zero-order valence-electron chi connectivity index (χ0n) is 16.1. The van der Waals surface area contributed by atoms with Crippen LogP contribution in [0.1, 0.15) is 36.1 Å². The monoisotopic (exact) mass is 409 g/mol. The molecule has 144 valence electrons. The van der Waals surface area contributed by atoms with E-state index in [1.54, 1.807) is 11.8 Å². The summed E-state index contributed by atoms with van der Waals surface area (Å²) in [5.74, 6) is 0.0388. The first-order valence-corrected chi connectivity index (χ1v) is 10.7. The van der Waals surface area contributed by atoms with Crippen LogP contribution < -0.4 is 5.32 Å². The lowest BCUT2D eigenvalue weighted by Gasteiger charge is -2.23. The molecule has 4 heteroatoms. The molecule has 0 aromatic heterocycles. The Hall–Kier alpha value is -2.23. The van der Waals surface area contributed by atoms with Crippen LogP contribution in [0.15, 0.2) is 83.8 Å². The third-order valence-corrected chi connectivity index (χ3v) is 6.21. The third-order valence-electron chi connectivity index (χ3n) is 4.59. The first kappa shape index (κ1) is 20.5. The summed E-state index contributed by atoms with van der Waals surface area (Å²) in [6.45, 7) is 4.10. The SMILES string of the molecule is CC[C@@H](Sc1ccc(Cl)cc1)C(=O)N[C@H](c1ccccc1)c1ccc(C)cc1. The lowest BCUT2D eigenvalue weighted by Crippen LogP contribution is -2.36. The van der Waals surface area contributed by atoms with Crippen LogP contribution in [-0.4, -0.2) is 11.2 Å². The highest BCUT2D eigenvalue weighted by Crippen LogP contribution is 2.29. The standard InChI is InChI=1S/C24H24ClNOS/c1-3-22(28-21-15-13-20(25)14-16-21)24(27)26-23(18-7-5-4-6-8-18)19-11-9-17(2)10-12-19/h4-16,22-23H,3H2,1-2H3,(H,26,27)/t22-,23-/m1/s1. The minimum Gasteiger partial charge on any atom is -0.344 e. The molecular weight excluding hydrogens is 386 g/mol. The first-order valence-electron chi connectivity index (χ1n) is 9.41. The predicted molar refractivity (Wildman–Crippen MR) is 119 cm³/mol. The van der Waals surface area contributed by atoms with E-state index >= 15 is 0 Å². The number of nitrogens with one attached hydrogen (secondary N) is 1. The number of benzene rings is 3. The van der Waals surface area contributed by atoms with Crippen LogP contribution in [0, 0.1) is 6.92 Å². The molecule has 0 bridgehead atoms. The van der Waals surface area contributed by atoms with Crippen LogP contribution in [-0.2, 0) is 4.79 Å². The van der Waals surface area contributed by atoms with E-state index in [1.165, 1.54) is 5.56 Å². The van der Waals surface area contributed by atoms with Gasteiger partial charge in [-0.25, -0.2) is 0 Å². The van der Waals surface area contributed by atoms with Gasteiger partial charge in [-0.05, 0) is 48.7 Å². The van der Waals surface area contributed by atoms with E-state index in [1.807, 2.05) is 49.4 Å². The molecule has 28 heavy (non-hydrogen) atoms. The number of carbonyl (C=O) groups excluding carboxylic acids is 1. The fourth-order valence-electron chi connectivity index (χ4n) is 3.00. The second kappa shape index (κ2) is 9.81. The topological polar surface area (TPSA) is 29.1 Å². The summed E-state index contributed by atoms with van der Waals surface area (Å²) >= 11 is 7.54. The summed E-state index contributed by atoms with van der Waals surface area (Å²) in [4.78, 5) is 14.2. The van der Waals surface area contributed by atoms with Gasteiger partial charge in [0.15, 0.2) is 0 Å². The molecule has 0 aliphatic rings. The minimum absolute atomic E-state index is 0.0388. The molecule has 0 aliphatic carbocycles. The van der Waals surface area contributed by atoms with Gasteiger partial charge in [0.2, 0.25) is 5.91 Å². The van der Waals surface area contributed by atoms with Gasteiger partial charge < -0.3 is 5.32 Å². The van der Waals surface area contributed by atoms with Crippen LogP contribution in [0.5, 0.6) is 0 Å². The van der Waals surface area contributed by atoms with Gasteiger partial charge in [-0.1, -0.05) is 78.7 Å². The average molecular weight is 410 g/mol. The Morgan fingerprint density at radius 3 is 2.14 bits per heavy atom. The van der Waals surface area contributed by atoms with E-state index in [0.29, 0.717) is 5.02 Å². The lowest BCUT2D eigenvalue weighted by atomic mass is 9.97. The Morgan fingerprint density at radius 2 is 1.54 bits per heavy atom. The largest absolute Gasteiger partial charge is 0.344 e. The Morgan fingerprint density at radius 1 is 0.929 bits per heavy atom. The van der Waals surface area contributed by atoms with Gasteiger partial charge in [0.25, 0.3) is 0 Å². The van der Waals surface area contributed by atoms with Crippen LogP contribution in [0.2, 0.25) is 5.02 Å². The number of halogens is 1. The third kappa shape index (κ3) is 5.40. The molecule has 3 rings (SSSR count). The molecule has 1 N–H and O–H groups in total. The van der Waals surface area contributed by atoms with Gasteiger partial charge in [0.1, 0.15) is 0 Å². The summed E-state index contributed by atoms with van der Waals surface area (Å²) in [5.41, 5.74) is 3.36. The van der Waals surface area contributed by atoms with Gasteiger partial charge in [-0.2, -0.15) is 0 Å². The molecule has 0 unspecified atom stereocenters. The van der Waals surface area contributed by atoms with E-state index in [4.69, 9.17) is 11.6 Å². The summed E-state index contributed by atoms with van der Waals surface area (Å²) in [7, 11) is 0. The number of hydrogen-bond acceptors (Lipinski definition) is 2. The minimum atomic E-state index is -0.172. The maximum Gasteiger partial charge on any atom is 0.234 e. The summed E-state index contributed by atoms with van der Waals surface area (Å²) < 4.78 is 0. The normalized spacial score (nSPS) is 13.0. The molecule has 2 nitrogen and oxygen atoms in total. The molecule has 2 atom stereocenters. The van der Waals surface area contributed by atoms with Gasteiger partial charge in [-0.3, -0.25) is 4.79 Å². The van der Waals surface area contributed by atoms with Crippen molar-refractivity contribution in [3.8, 4) is 0 Å². The average Bonchev–Trinajstić information content (AvgIpc) is 2.73. The van der Waals surface area contributed by atoms with Crippen molar-refractivity contribution in [1.82, 2.24) is 5.32 Å². The molecule has 0 aliphatic heterocycles. The predicted octanol–water partition coefficient (Wildman–Crippen LogP) is 6.42. The zero-order valence-corrected chi connectivity index (χ0v) is 17.6. The van der Waals surface area contributed by atoms with Crippen molar-refractivity contribution in [3.05, 3.63) is 101 Å². The van der Waals surface area contributed by atoms with Gasteiger partial charge >= 0.3 is 0 Å². The molecule has 3 aromatic rings. The molecular formula is C24H24ClNOS. The fraction of sp³-hybridized carbons (Fsp3) is 0.208. The van der Waals surface area contributed by atoms with Gasteiger partial charge in [0, 0.05) is 9.92 Å².